The number of hydrogen-bond acceptors (Lipinski definition) is 4. The lowest BCUT2D eigenvalue weighted by Crippen LogP contribution is -2.17. The van der Waals surface area contributed by atoms with Crippen LogP contribution in [-0.2, 0) is 16.7 Å². The van der Waals surface area contributed by atoms with Crippen LogP contribution in [0.4, 0.5) is 0 Å². The van der Waals surface area contributed by atoms with E-state index in [4.69, 9.17) is 0 Å². The Kier molecular flexibility index (Phi) is 3.80. The topological polar surface area (TPSA) is 104 Å². The van der Waals surface area contributed by atoms with Gasteiger partial charge >= 0.3 is 0 Å². The number of benzene rings is 1. The van der Waals surface area contributed by atoms with Gasteiger partial charge in [0, 0.05) is 18.3 Å². The normalized spacial score (nSPS) is 11.8. The summed E-state index contributed by atoms with van der Waals surface area (Å²) >= 11 is 0. The summed E-state index contributed by atoms with van der Waals surface area (Å²) in [5.41, 5.74) is 0.968. The van der Waals surface area contributed by atoms with Gasteiger partial charge in [0.25, 0.3) is 15.7 Å². The molecule has 1 aromatic carbocycles. The first-order chi connectivity index (χ1) is 9.32. The zero-order chi connectivity index (χ0) is 14.9. The summed E-state index contributed by atoms with van der Waals surface area (Å²) in [5, 5.41) is 5.62. The molecule has 0 saturated heterocycles. The highest BCUT2D eigenvalue weighted by Crippen LogP contribution is 2.20. The maximum absolute atomic E-state index is 11.8. The third-order valence-corrected chi connectivity index (χ3v) is 3.66. The molecule has 0 aliphatic heterocycles. The van der Waals surface area contributed by atoms with Crippen LogP contribution < -0.4 is 10.9 Å². The van der Waals surface area contributed by atoms with E-state index in [0.717, 1.165) is 4.68 Å². The van der Waals surface area contributed by atoms with E-state index in [1.54, 1.807) is 20.0 Å². The Bertz CT molecular complexity index is 789. The fraction of sp³-hybridized carbons (Fsp3) is 0.250. The van der Waals surface area contributed by atoms with Gasteiger partial charge in [-0.05, 0) is 31.7 Å². The molecule has 0 unspecified atom stereocenters. The monoisotopic (exact) mass is 297 g/mol. The van der Waals surface area contributed by atoms with E-state index < -0.39 is 15.7 Å². The number of aromatic nitrogens is 2. The molecule has 1 heterocycles. The Balaban J connectivity index is 2.70. The molecule has 1 aromatic heterocycles. The Labute approximate surface area is 116 Å². The zero-order valence-corrected chi connectivity index (χ0v) is 11.9. The van der Waals surface area contributed by atoms with Gasteiger partial charge in [-0.3, -0.25) is 14.4 Å². The Morgan fingerprint density at radius 3 is 2.55 bits per heavy atom. The van der Waals surface area contributed by atoms with Gasteiger partial charge in [-0.15, -0.1) is 0 Å². The van der Waals surface area contributed by atoms with E-state index in [9.17, 15) is 17.8 Å². The second kappa shape index (κ2) is 5.23. The summed E-state index contributed by atoms with van der Waals surface area (Å²) in [7, 11) is -2.72. The third-order valence-electron chi connectivity index (χ3n) is 2.77. The van der Waals surface area contributed by atoms with Gasteiger partial charge in [-0.25, -0.2) is 4.68 Å². The van der Waals surface area contributed by atoms with E-state index in [1.807, 2.05) is 0 Å². The minimum atomic E-state index is -4.44. The van der Waals surface area contributed by atoms with Gasteiger partial charge in [-0.2, -0.15) is 8.42 Å². The fourth-order valence-electron chi connectivity index (χ4n) is 1.96. The SMILES string of the molecule is CNCc1ccc(-n2[nH]c(C)cc2=O)c(S(=O)(=O)O)c1. The molecule has 0 aliphatic rings. The summed E-state index contributed by atoms with van der Waals surface area (Å²) < 4.78 is 33.4. The number of aromatic amines is 1. The second-order valence-electron chi connectivity index (χ2n) is 4.42. The van der Waals surface area contributed by atoms with E-state index in [1.165, 1.54) is 18.2 Å². The molecule has 3 N–H and O–H groups in total. The quantitative estimate of drug-likeness (QED) is 0.710. The molecule has 20 heavy (non-hydrogen) atoms. The van der Waals surface area contributed by atoms with Gasteiger partial charge in [0.15, 0.2) is 0 Å². The van der Waals surface area contributed by atoms with Crippen molar-refractivity contribution in [2.45, 2.75) is 18.4 Å². The molecule has 8 heteroatoms. The van der Waals surface area contributed by atoms with E-state index in [2.05, 4.69) is 10.4 Å². The summed E-state index contributed by atoms with van der Waals surface area (Å²) in [6.45, 7) is 2.13. The van der Waals surface area contributed by atoms with Gasteiger partial charge in [-0.1, -0.05) is 6.07 Å². The largest absolute Gasteiger partial charge is 0.316 e. The lowest BCUT2D eigenvalue weighted by Gasteiger charge is -2.10. The molecule has 0 saturated carbocycles. The Morgan fingerprint density at radius 2 is 2.05 bits per heavy atom. The lowest BCUT2D eigenvalue weighted by atomic mass is 10.2. The van der Waals surface area contributed by atoms with Crippen LogP contribution in [-0.4, -0.2) is 29.8 Å². The first-order valence-corrected chi connectivity index (χ1v) is 7.31. The molecule has 0 aliphatic carbocycles. The standard InChI is InChI=1S/C12H15N3O4S/c1-8-5-12(16)15(14-8)10-4-3-9(7-13-2)6-11(10)20(17,18)19/h3-6,13-14H,7H2,1-2H3,(H,17,18,19). The molecule has 0 atom stereocenters. The van der Waals surface area contributed by atoms with Crippen LogP contribution >= 0.6 is 0 Å². The number of nitrogens with one attached hydrogen (secondary N) is 2. The second-order valence-corrected chi connectivity index (χ2v) is 5.81. The van der Waals surface area contributed by atoms with Crippen molar-refractivity contribution in [3.63, 3.8) is 0 Å². The van der Waals surface area contributed by atoms with Crippen molar-refractivity contribution < 1.29 is 13.0 Å². The van der Waals surface area contributed by atoms with Gasteiger partial charge in [0.05, 0.1) is 5.69 Å². The smallest absolute Gasteiger partial charge is 0.296 e. The molecule has 2 rings (SSSR count). The van der Waals surface area contributed by atoms with Gasteiger partial charge in [0.1, 0.15) is 4.90 Å². The maximum Gasteiger partial charge on any atom is 0.296 e. The molecular weight excluding hydrogens is 282 g/mol. The summed E-state index contributed by atoms with van der Waals surface area (Å²) in [6, 6.07) is 5.84. The van der Waals surface area contributed by atoms with Crippen LogP contribution in [0.15, 0.2) is 34.0 Å². The molecular formula is C12H15N3O4S. The zero-order valence-electron chi connectivity index (χ0n) is 11.0. The van der Waals surface area contributed by atoms with Crippen LogP contribution in [0.3, 0.4) is 0 Å². The predicted octanol–water partition coefficient (Wildman–Crippen LogP) is 0.440. The number of H-pyrrole nitrogens is 1. The van der Waals surface area contributed by atoms with Crippen LogP contribution in [0.25, 0.3) is 5.69 Å². The number of rotatable bonds is 4. The van der Waals surface area contributed by atoms with Gasteiger partial charge < -0.3 is 5.32 Å². The predicted molar refractivity (Wildman–Crippen MR) is 73.7 cm³/mol. The van der Waals surface area contributed by atoms with Crippen molar-refractivity contribution in [3.8, 4) is 5.69 Å². The Morgan fingerprint density at radius 1 is 1.35 bits per heavy atom. The highest BCUT2D eigenvalue weighted by molar-refractivity contribution is 7.86. The van der Waals surface area contributed by atoms with Crippen molar-refractivity contribution >= 4 is 10.1 Å². The van der Waals surface area contributed by atoms with Crippen LogP contribution in [0.2, 0.25) is 0 Å². The van der Waals surface area contributed by atoms with Crippen molar-refractivity contribution in [3.05, 3.63) is 45.9 Å². The minimum Gasteiger partial charge on any atom is -0.316 e. The molecule has 7 nitrogen and oxygen atoms in total. The van der Waals surface area contributed by atoms with Crippen LogP contribution in [0.5, 0.6) is 0 Å². The van der Waals surface area contributed by atoms with Crippen molar-refractivity contribution in [1.29, 1.82) is 0 Å². The van der Waals surface area contributed by atoms with E-state index in [-0.39, 0.29) is 10.6 Å². The molecule has 0 bridgehead atoms. The number of nitrogens with zero attached hydrogens (tertiary/aromatic N) is 1. The van der Waals surface area contributed by atoms with Crippen LogP contribution in [0.1, 0.15) is 11.3 Å². The maximum atomic E-state index is 11.8. The molecule has 0 fully saturated rings. The minimum absolute atomic E-state index is 0.0884. The fourth-order valence-corrected chi connectivity index (χ4v) is 2.68. The van der Waals surface area contributed by atoms with Crippen molar-refractivity contribution in [1.82, 2.24) is 15.1 Å². The Hall–Kier alpha value is -1.90. The van der Waals surface area contributed by atoms with Gasteiger partial charge in [0.2, 0.25) is 0 Å². The van der Waals surface area contributed by atoms with Crippen LogP contribution in [0, 0.1) is 6.92 Å². The number of aryl methyl sites for hydroxylation is 1. The van der Waals surface area contributed by atoms with Crippen molar-refractivity contribution in [2.24, 2.45) is 0 Å². The molecule has 0 spiro atoms. The average Bonchev–Trinajstić information content (AvgIpc) is 2.68. The molecule has 108 valence electrons. The summed E-state index contributed by atoms with van der Waals surface area (Å²) in [5.74, 6) is 0. The highest BCUT2D eigenvalue weighted by Gasteiger charge is 2.19. The highest BCUT2D eigenvalue weighted by atomic mass is 32.2. The van der Waals surface area contributed by atoms with E-state index >= 15 is 0 Å². The summed E-state index contributed by atoms with van der Waals surface area (Å²) in [6.07, 6.45) is 0. The molecule has 0 radical (unpaired) electrons. The average molecular weight is 297 g/mol. The first kappa shape index (κ1) is 14.5. The third kappa shape index (κ3) is 2.82. The van der Waals surface area contributed by atoms with E-state index in [0.29, 0.717) is 17.8 Å². The molecule has 0 amide bonds. The first-order valence-electron chi connectivity index (χ1n) is 5.87. The number of hydrogen-bond donors (Lipinski definition) is 3. The van der Waals surface area contributed by atoms with Crippen molar-refractivity contribution in [2.75, 3.05) is 7.05 Å². The molecule has 2 aromatic rings. The summed E-state index contributed by atoms with van der Waals surface area (Å²) in [4.78, 5) is 11.5. The lowest BCUT2D eigenvalue weighted by molar-refractivity contribution is 0.482.